The van der Waals surface area contributed by atoms with Gasteiger partial charge in [0.05, 0.1) is 13.7 Å². The van der Waals surface area contributed by atoms with Crippen LogP contribution >= 0.6 is 0 Å². The molecule has 0 spiro atoms. The molecule has 0 aliphatic heterocycles. The number of methoxy groups -OCH3 is 1. The van der Waals surface area contributed by atoms with Crippen LogP contribution in [0.2, 0.25) is 0 Å². The van der Waals surface area contributed by atoms with Crippen molar-refractivity contribution in [1.29, 1.82) is 0 Å². The monoisotopic (exact) mass is 252 g/mol. The Morgan fingerprint density at radius 2 is 2.06 bits per heavy atom. The number of aromatic nitrogens is 3. The van der Waals surface area contributed by atoms with E-state index >= 15 is 0 Å². The molecule has 1 amide bonds. The summed E-state index contributed by atoms with van der Waals surface area (Å²) >= 11 is 0. The lowest BCUT2D eigenvalue weighted by molar-refractivity contribution is -0.119. The number of amides is 1. The summed E-state index contributed by atoms with van der Waals surface area (Å²) in [6, 6.07) is 0.541. The van der Waals surface area contributed by atoms with Crippen molar-refractivity contribution in [2.75, 3.05) is 31.3 Å². The number of nitrogens with zero attached hydrogens (tertiary/aromatic N) is 3. The van der Waals surface area contributed by atoms with Gasteiger partial charge in [0.2, 0.25) is 17.8 Å². The molecule has 1 fully saturated rings. The number of hydrogen-bond acceptors (Lipinski definition) is 7. The standard InChI is InChI=1S/C10H16N6O2/c1-11-8-14-9(16-10(15-8)18-2)12-5-7(17)13-6-3-4-6/h6H,3-5H2,1-2H3,(H,13,17)(H2,11,12,14,15,16). The van der Waals surface area contributed by atoms with Crippen LogP contribution in [-0.2, 0) is 4.79 Å². The van der Waals surface area contributed by atoms with Gasteiger partial charge in [-0.25, -0.2) is 0 Å². The fourth-order valence-corrected chi connectivity index (χ4v) is 1.30. The molecule has 0 unspecified atom stereocenters. The van der Waals surface area contributed by atoms with Crippen LogP contribution in [0.5, 0.6) is 6.01 Å². The summed E-state index contributed by atoms with van der Waals surface area (Å²) in [5.74, 6) is 0.618. The third-order valence-electron chi connectivity index (χ3n) is 2.37. The number of anilines is 2. The van der Waals surface area contributed by atoms with Crippen LogP contribution in [-0.4, -0.2) is 47.6 Å². The fourth-order valence-electron chi connectivity index (χ4n) is 1.30. The van der Waals surface area contributed by atoms with E-state index in [0.29, 0.717) is 17.9 Å². The molecule has 8 heteroatoms. The van der Waals surface area contributed by atoms with Crippen molar-refractivity contribution < 1.29 is 9.53 Å². The molecule has 0 atom stereocenters. The highest BCUT2D eigenvalue weighted by atomic mass is 16.5. The molecule has 1 aliphatic carbocycles. The molecular weight excluding hydrogens is 236 g/mol. The van der Waals surface area contributed by atoms with Crippen LogP contribution in [0.3, 0.4) is 0 Å². The summed E-state index contributed by atoms with van der Waals surface area (Å²) in [5, 5.41) is 8.48. The Hall–Kier alpha value is -2.12. The molecule has 0 radical (unpaired) electrons. The van der Waals surface area contributed by atoms with Crippen LogP contribution in [0.25, 0.3) is 0 Å². The summed E-state index contributed by atoms with van der Waals surface area (Å²) in [4.78, 5) is 23.5. The minimum Gasteiger partial charge on any atom is -0.467 e. The number of nitrogens with one attached hydrogen (secondary N) is 3. The topological polar surface area (TPSA) is 101 Å². The molecule has 1 heterocycles. The molecule has 0 aromatic carbocycles. The summed E-state index contributed by atoms with van der Waals surface area (Å²) < 4.78 is 4.94. The third kappa shape index (κ3) is 3.44. The maximum absolute atomic E-state index is 11.5. The van der Waals surface area contributed by atoms with Gasteiger partial charge >= 0.3 is 6.01 Å². The second-order valence-electron chi connectivity index (χ2n) is 3.91. The predicted molar refractivity (Wildman–Crippen MR) is 65.6 cm³/mol. The Morgan fingerprint density at radius 1 is 1.33 bits per heavy atom. The number of carbonyl (C=O) groups is 1. The molecular formula is C10H16N6O2. The van der Waals surface area contributed by atoms with Crippen molar-refractivity contribution >= 4 is 17.8 Å². The smallest absolute Gasteiger partial charge is 0.322 e. The van der Waals surface area contributed by atoms with E-state index in [4.69, 9.17) is 4.74 Å². The van der Waals surface area contributed by atoms with Gasteiger partial charge in [-0.05, 0) is 12.8 Å². The maximum Gasteiger partial charge on any atom is 0.322 e. The van der Waals surface area contributed by atoms with Crippen LogP contribution in [0.15, 0.2) is 0 Å². The highest BCUT2D eigenvalue weighted by Gasteiger charge is 2.23. The molecule has 1 aromatic heterocycles. The van der Waals surface area contributed by atoms with Crippen molar-refractivity contribution in [2.24, 2.45) is 0 Å². The first-order valence-corrected chi connectivity index (χ1v) is 5.72. The van der Waals surface area contributed by atoms with Crippen molar-refractivity contribution in [3.8, 4) is 6.01 Å². The van der Waals surface area contributed by atoms with E-state index in [9.17, 15) is 4.79 Å². The SMILES string of the molecule is CNc1nc(NCC(=O)NC2CC2)nc(OC)n1. The van der Waals surface area contributed by atoms with E-state index in [2.05, 4.69) is 30.9 Å². The zero-order valence-electron chi connectivity index (χ0n) is 10.4. The van der Waals surface area contributed by atoms with E-state index in [-0.39, 0.29) is 18.5 Å². The molecule has 3 N–H and O–H groups in total. The highest BCUT2D eigenvalue weighted by Crippen LogP contribution is 2.18. The van der Waals surface area contributed by atoms with Gasteiger partial charge in [0.15, 0.2) is 0 Å². The second-order valence-corrected chi connectivity index (χ2v) is 3.91. The lowest BCUT2D eigenvalue weighted by atomic mass is 10.5. The molecule has 2 rings (SSSR count). The Balaban J connectivity index is 1.92. The van der Waals surface area contributed by atoms with Crippen LogP contribution < -0.4 is 20.7 Å². The third-order valence-corrected chi connectivity index (χ3v) is 2.37. The summed E-state index contributed by atoms with van der Waals surface area (Å²) in [6.07, 6.45) is 2.13. The molecule has 18 heavy (non-hydrogen) atoms. The van der Waals surface area contributed by atoms with E-state index in [1.807, 2.05) is 0 Å². The van der Waals surface area contributed by atoms with Crippen LogP contribution in [0, 0.1) is 0 Å². The summed E-state index contributed by atoms with van der Waals surface area (Å²) in [7, 11) is 3.16. The zero-order chi connectivity index (χ0) is 13.0. The minimum absolute atomic E-state index is 0.0668. The first-order valence-electron chi connectivity index (χ1n) is 5.72. The van der Waals surface area contributed by atoms with Crippen molar-refractivity contribution in [2.45, 2.75) is 18.9 Å². The number of hydrogen-bond donors (Lipinski definition) is 3. The molecule has 0 saturated heterocycles. The lowest BCUT2D eigenvalue weighted by Gasteiger charge is -2.07. The average molecular weight is 252 g/mol. The van der Waals surface area contributed by atoms with Gasteiger partial charge in [0.25, 0.3) is 0 Å². The van der Waals surface area contributed by atoms with Gasteiger partial charge in [0.1, 0.15) is 0 Å². The van der Waals surface area contributed by atoms with Crippen molar-refractivity contribution in [3.05, 3.63) is 0 Å². The Bertz CT molecular complexity index is 412. The zero-order valence-corrected chi connectivity index (χ0v) is 10.4. The van der Waals surface area contributed by atoms with Gasteiger partial charge < -0.3 is 20.7 Å². The van der Waals surface area contributed by atoms with Crippen LogP contribution in [0.4, 0.5) is 11.9 Å². The van der Waals surface area contributed by atoms with Gasteiger partial charge in [-0.3, -0.25) is 4.79 Å². The Morgan fingerprint density at radius 3 is 2.67 bits per heavy atom. The number of ether oxygens (including phenoxy) is 1. The van der Waals surface area contributed by atoms with Gasteiger partial charge in [-0.15, -0.1) is 0 Å². The molecule has 1 aliphatic rings. The van der Waals surface area contributed by atoms with E-state index < -0.39 is 0 Å². The minimum atomic E-state index is -0.0668. The fraction of sp³-hybridized carbons (Fsp3) is 0.600. The Labute approximate surface area is 105 Å². The Kier molecular flexibility index (Phi) is 3.75. The van der Waals surface area contributed by atoms with E-state index in [1.165, 1.54) is 7.11 Å². The highest BCUT2D eigenvalue weighted by molar-refractivity contribution is 5.80. The maximum atomic E-state index is 11.5. The number of carbonyl (C=O) groups excluding carboxylic acids is 1. The van der Waals surface area contributed by atoms with Crippen molar-refractivity contribution in [1.82, 2.24) is 20.3 Å². The molecule has 8 nitrogen and oxygen atoms in total. The summed E-state index contributed by atoms with van der Waals surface area (Å²) in [5.41, 5.74) is 0. The quantitative estimate of drug-likeness (QED) is 0.634. The average Bonchev–Trinajstić information content (AvgIpc) is 3.19. The molecule has 1 aromatic rings. The normalized spacial score (nSPS) is 13.9. The van der Waals surface area contributed by atoms with Gasteiger partial charge in [0, 0.05) is 13.1 Å². The summed E-state index contributed by atoms with van der Waals surface area (Å²) in [6.45, 7) is 0.132. The predicted octanol–water partition coefficient (Wildman–Crippen LogP) is -0.388. The van der Waals surface area contributed by atoms with Crippen LogP contribution in [0.1, 0.15) is 12.8 Å². The van der Waals surface area contributed by atoms with Crippen molar-refractivity contribution in [3.63, 3.8) is 0 Å². The second kappa shape index (κ2) is 5.48. The first-order chi connectivity index (χ1) is 8.71. The van der Waals surface area contributed by atoms with E-state index in [0.717, 1.165) is 12.8 Å². The molecule has 0 bridgehead atoms. The largest absolute Gasteiger partial charge is 0.467 e. The van der Waals surface area contributed by atoms with E-state index in [1.54, 1.807) is 7.05 Å². The first kappa shape index (κ1) is 12.3. The lowest BCUT2D eigenvalue weighted by Crippen LogP contribution is -2.31. The van der Waals surface area contributed by atoms with Gasteiger partial charge in [-0.1, -0.05) is 0 Å². The number of rotatable bonds is 6. The molecule has 1 saturated carbocycles. The van der Waals surface area contributed by atoms with Gasteiger partial charge in [-0.2, -0.15) is 15.0 Å². The molecule has 98 valence electrons.